The zero-order valence-corrected chi connectivity index (χ0v) is 9.69. The first-order valence-corrected chi connectivity index (χ1v) is 5.22. The summed E-state index contributed by atoms with van der Waals surface area (Å²) in [7, 11) is 0. The second-order valence-electron chi connectivity index (χ2n) is 3.42. The quantitative estimate of drug-likeness (QED) is 0.522. The number of nitrogens with zero attached hydrogens (tertiary/aromatic N) is 1. The molecule has 0 rings (SSSR count). The molecule has 0 aliphatic heterocycles. The molecule has 0 saturated heterocycles. The standard InChI is InChI=1S/C11H18N2O3/c1-4-6-7-12-11(16)13(5-2)9(3)8-10(14)15/h1,9H,5-8H2,2-3H3,(H,12,16)(H,14,15). The lowest BCUT2D eigenvalue weighted by atomic mass is 10.2. The highest BCUT2D eigenvalue weighted by molar-refractivity contribution is 5.75. The highest BCUT2D eigenvalue weighted by Crippen LogP contribution is 2.03. The smallest absolute Gasteiger partial charge is 0.317 e. The molecule has 1 unspecified atom stereocenters. The molecule has 0 radical (unpaired) electrons. The predicted molar refractivity (Wildman–Crippen MR) is 60.9 cm³/mol. The Labute approximate surface area is 95.8 Å². The average molecular weight is 226 g/mol. The molecule has 2 amide bonds. The number of carbonyl (C=O) groups is 2. The monoisotopic (exact) mass is 226 g/mol. The topological polar surface area (TPSA) is 69.6 Å². The Hall–Kier alpha value is -1.70. The zero-order chi connectivity index (χ0) is 12.6. The van der Waals surface area contributed by atoms with Gasteiger partial charge in [0.05, 0.1) is 6.42 Å². The molecule has 0 bridgehead atoms. The fraction of sp³-hybridized carbons (Fsp3) is 0.636. The molecule has 0 aliphatic rings. The van der Waals surface area contributed by atoms with Crippen LogP contribution < -0.4 is 5.32 Å². The summed E-state index contributed by atoms with van der Waals surface area (Å²) in [4.78, 5) is 23.6. The van der Waals surface area contributed by atoms with Crippen molar-refractivity contribution >= 4 is 12.0 Å². The number of carboxylic acid groups (broad SMARTS) is 1. The molecule has 16 heavy (non-hydrogen) atoms. The minimum atomic E-state index is -0.914. The van der Waals surface area contributed by atoms with Crippen molar-refractivity contribution in [1.29, 1.82) is 0 Å². The van der Waals surface area contributed by atoms with Crippen LogP contribution in [0.5, 0.6) is 0 Å². The zero-order valence-electron chi connectivity index (χ0n) is 9.69. The van der Waals surface area contributed by atoms with E-state index in [4.69, 9.17) is 11.5 Å². The summed E-state index contributed by atoms with van der Waals surface area (Å²) in [5, 5.41) is 11.3. The molecule has 0 fully saturated rings. The highest BCUT2D eigenvalue weighted by atomic mass is 16.4. The Morgan fingerprint density at radius 1 is 1.56 bits per heavy atom. The van der Waals surface area contributed by atoms with Crippen molar-refractivity contribution in [3.05, 3.63) is 0 Å². The maximum absolute atomic E-state index is 11.6. The van der Waals surface area contributed by atoms with Crippen molar-refractivity contribution in [2.24, 2.45) is 0 Å². The van der Waals surface area contributed by atoms with E-state index in [1.54, 1.807) is 13.8 Å². The number of rotatable bonds is 6. The van der Waals surface area contributed by atoms with Gasteiger partial charge in [0.25, 0.3) is 0 Å². The van der Waals surface area contributed by atoms with Gasteiger partial charge in [-0.2, -0.15) is 0 Å². The summed E-state index contributed by atoms with van der Waals surface area (Å²) in [6.45, 7) is 4.39. The number of hydrogen-bond donors (Lipinski definition) is 2. The van der Waals surface area contributed by atoms with Gasteiger partial charge in [0.2, 0.25) is 0 Å². The van der Waals surface area contributed by atoms with Crippen LogP contribution >= 0.6 is 0 Å². The molecule has 0 aliphatic carbocycles. The maximum Gasteiger partial charge on any atom is 0.317 e. The fourth-order valence-corrected chi connectivity index (χ4v) is 1.36. The highest BCUT2D eigenvalue weighted by Gasteiger charge is 2.19. The fourth-order valence-electron chi connectivity index (χ4n) is 1.36. The Balaban J connectivity index is 4.20. The first kappa shape index (κ1) is 14.3. The molecular formula is C11H18N2O3. The van der Waals surface area contributed by atoms with Crippen molar-refractivity contribution in [2.75, 3.05) is 13.1 Å². The summed E-state index contributed by atoms with van der Waals surface area (Å²) in [6.07, 6.45) is 5.47. The number of urea groups is 1. The Morgan fingerprint density at radius 2 is 2.19 bits per heavy atom. The number of aliphatic carboxylic acids is 1. The third kappa shape index (κ3) is 5.25. The molecule has 2 N–H and O–H groups in total. The molecule has 90 valence electrons. The van der Waals surface area contributed by atoms with Crippen molar-refractivity contribution in [3.63, 3.8) is 0 Å². The van der Waals surface area contributed by atoms with Crippen LogP contribution in [0.25, 0.3) is 0 Å². The van der Waals surface area contributed by atoms with E-state index in [2.05, 4.69) is 11.2 Å². The largest absolute Gasteiger partial charge is 0.481 e. The van der Waals surface area contributed by atoms with Gasteiger partial charge in [-0.3, -0.25) is 4.79 Å². The number of nitrogens with one attached hydrogen (secondary N) is 1. The van der Waals surface area contributed by atoms with Crippen LogP contribution in [0.2, 0.25) is 0 Å². The molecule has 0 aromatic rings. The lowest BCUT2D eigenvalue weighted by molar-refractivity contribution is -0.138. The maximum atomic E-state index is 11.6. The van der Waals surface area contributed by atoms with E-state index < -0.39 is 5.97 Å². The molecule has 0 spiro atoms. The minimum Gasteiger partial charge on any atom is -0.481 e. The molecule has 0 saturated carbocycles. The number of carbonyl (C=O) groups excluding carboxylic acids is 1. The molecule has 5 heteroatoms. The van der Waals surface area contributed by atoms with Crippen LogP contribution in [-0.2, 0) is 4.79 Å². The van der Waals surface area contributed by atoms with E-state index >= 15 is 0 Å². The first-order chi connectivity index (χ1) is 7.52. The van der Waals surface area contributed by atoms with Gasteiger partial charge in [-0.1, -0.05) is 0 Å². The van der Waals surface area contributed by atoms with Crippen LogP contribution in [0.15, 0.2) is 0 Å². The molecule has 0 heterocycles. The van der Waals surface area contributed by atoms with Gasteiger partial charge in [0, 0.05) is 25.6 Å². The number of carboxylic acids is 1. The number of amides is 2. The van der Waals surface area contributed by atoms with E-state index in [1.165, 1.54) is 4.90 Å². The van der Waals surface area contributed by atoms with E-state index in [0.717, 1.165) is 0 Å². The van der Waals surface area contributed by atoms with E-state index in [0.29, 0.717) is 19.5 Å². The molecular weight excluding hydrogens is 208 g/mol. The lowest BCUT2D eigenvalue weighted by Gasteiger charge is -2.27. The summed E-state index contributed by atoms with van der Waals surface area (Å²) in [6, 6.07) is -0.597. The molecule has 1 atom stereocenters. The molecule has 0 aromatic carbocycles. The van der Waals surface area contributed by atoms with E-state index in [1.807, 2.05) is 0 Å². The number of terminal acetylenes is 1. The summed E-state index contributed by atoms with van der Waals surface area (Å²) in [5.74, 6) is 1.50. The van der Waals surface area contributed by atoms with Gasteiger partial charge < -0.3 is 15.3 Å². The van der Waals surface area contributed by atoms with Crippen LogP contribution in [-0.4, -0.2) is 41.1 Å². The van der Waals surface area contributed by atoms with E-state index in [-0.39, 0.29) is 18.5 Å². The minimum absolute atomic E-state index is 0.0591. The number of hydrogen-bond acceptors (Lipinski definition) is 2. The third-order valence-electron chi connectivity index (χ3n) is 2.15. The first-order valence-electron chi connectivity index (χ1n) is 5.22. The van der Waals surface area contributed by atoms with Gasteiger partial charge in [-0.05, 0) is 13.8 Å². The van der Waals surface area contributed by atoms with Gasteiger partial charge in [-0.15, -0.1) is 12.3 Å². The Morgan fingerprint density at radius 3 is 2.62 bits per heavy atom. The van der Waals surface area contributed by atoms with Crippen LogP contribution in [0, 0.1) is 12.3 Å². The molecule has 0 aromatic heterocycles. The summed E-state index contributed by atoms with van der Waals surface area (Å²) in [5.41, 5.74) is 0. The average Bonchev–Trinajstić information content (AvgIpc) is 2.18. The Kier molecular flexibility index (Phi) is 6.77. The van der Waals surface area contributed by atoms with Gasteiger partial charge in [0.1, 0.15) is 0 Å². The van der Waals surface area contributed by atoms with Gasteiger partial charge >= 0.3 is 12.0 Å². The van der Waals surface area contributed by atoms with Crippen molar-refractivity contribution in [1.82, 2.24) is 10.2 Å². The van der Waals surface area contributed by atoms with Crippen molar-refractivity contribution in [2.45, 2.75) is 32.7 Å². The van der Waals surface area contributed by atoms with E-state index in [9.17, 15) is 9.59 Å². The van der Waals surface area contributed by atoms with Gasteiger partial charge in [0.15, 0.2) is 0 Å². The Bertz CT molecular complexity index is 283. The predicted octanol–water partition coefficient (Wildman–Crippen LogP) is 0.904. The van der Waals surface area contributed by atoms with Crippen LogP contribution in [0.3, 0.4) is 0 Å². The SMILES string of the molecule is C#CCCNC(=O)N(CC)C(C)CC(=O)O. The second kappa shape index (κ2) is 7.57. The lowest BCUT2D eigenvalue weighted by Crippen LogP contribution is -2.45. The van der Waals surface area contributed by atoms with Crippen LogP contribution in [0.4, 0.5) is 4.79 Å². The van der Waals surface area contributed by atoms with Gasteiger partial charge in [-0.25, -0.2) is 4.79 Å². The summed E-state index contributed by atoms with van der Waals surface area (Å²) < 4.78 is 0. The van der Waals surface area contributed by atoms with Crippen molar-refractivity contribution < 1.29 is 14.7 Å². The second-order valence-corrected chi connectivity index (χ2v) is 3.42. The normalized spacial score (nSPS) is 11.3. The molecule has 5 nitrogen and oxygen atoms in total. The summed E-state index contributed by atoms with van der Waals surface area (Å²) >= 11 is 0. The van der Waals surface area contributed by atoms with Crippen molar-refractivity contribution in [3.8, 4) is 12.3 Å². The van der Waals surface area contributed by atoms with Crippen LogP contribution in [0.1, 0.15) is 26.7 Å². The third-order valence-corrected chi connectivity index (χ3v) is 2.15.